The van der Waals surface area contributed by atoms with Gasteiger partial charge in [0.25, 0.3) is 11.8 Å². The van der Waals surface area contributed by atoms with Crippen molar-refractivity contribution < 1.29 is 14.3 Å². The summed E-state index contributed by atoms with van der Waals surface area (Å²) in [6.45, 7) is 3.62. The van der Waals surface area contributed by atoms with Crippen molar-refractivity contribution in [2.24, 2.45) is 0 Å². The van der Waals surface area contributed by atoms with Gasteiger partial charge >= 0.3 is 0 Å². The topological polar surface area (TPSA) is 58.6 Å². The molecule has 2 amide bonds. The Bertz CT molecular complexity index is 871. The number of carbonyl (C=O) groups excluding carboxylic acids is 2. The fourth-order valence-corrected chi connectivity index (χ4v) is 2.96. The van der Waals surface area contributed by atoms with Crippen molar-refractivity contribution in [2.45, 2.75) is 19.9 Å². The fourth-order valence-electron chi connectivity index (χ4n) is 2.84. The fraction of sp³-hybridized carbons (Fsp3) is 0.200. The number of methoxy groups -OCH3 is 1. The van der Waals surface area contributed by atoms with Crippen LogP contribution in [0.1, 0.15) is 19.4 Å². The first-order chi connectivity index (χ1) is 12.4. The molecule has 2 aromatic rings. The first kappa shape index (κ1) is 18.0. The van der Waals surface area contributed by atoms with Crippen LogP contribution >= 0.6 is 11.6 Å². The van der Waals surface area contributed by atoms with Crippen molar-refractivity contribution in [3.05, 3.63) is 64.8 Å². The SMILES string of the molecule is COc1ccc(NC2=C(c3ccc(Cl)cc3)C(=O)N(C(C)C)C2=O)cc1. The predicted octanol–water partition coefficient (Wildman–Crippen LogP) is 3.95. The number of benzene rings is 2. The summed E-state index contributed by atoms with van der Waals surface area (Å²) in [4.78, 5) is 27.0. The Morgan fingerprint density at radius 2 is 1.58 bits per heavy atom. The van der Waals surface area contributed by atoms with Gasteiger partial charge in [0.1, 0.15) is 11.4 Å². The summed E-state index contributed by atoms with van der Waals surface area (Å²) < 4.78 is 5.15. The molecule has 1 heterocycles. The van der Waals surface area contributed by atoms with E-state index in [1.54, 1.807) is 55.6 Å². The lowest BCUT2D eigenvalue weighted by Gasteiger charge is -2.19. The second-order valence-electron chi connectivity index (χ2n) is 6.18. The molecule has 0 fully saturated rings. The minimum Gasteiger partial charge on any atom is -0.497 e. The zero-order valence-electron chi connectivity index (χ0n) is 14.7. The van der Waals surface area contributed by atoms with Crippen LogP contribution in [0.4, 0.5) is 5.69 Å². The van der Waals surface area contributed by atoms with E-state index in [1.807, 2.05) is 13.8 Å². The average Bonchev–Trinajstić information content (AvgIpc) is 2.87. The van der Waals surface area contributed by atoms with Crippen molar-refractivity contribution in [1.29, 1.82) is 0 Å². The molecular formula is C20H19ClN2O3. The zero-order valence-corrected chi connectivity index (χ0v) is 15.5. The van der Waals surface area contributed by atoms with Crippen LogP contribution in [0.2, 0.25) is 5.02 Å². The Hall–Kier alpha value is -2.79. The lowest BCUT2D eigenvalue weighted by atomic mass is 10.0. The van der Waals surface area contributed by atoms with Crippen LogP contribution in [0.3, 0.4) is 0 Å². The third-order valence-electron chi connectivity index (χ3n) is 4.12. The van der Waals surface area contributed by atoms with E-state index in [-0.39, 0.29) is 23.6 Å². The Kier molecular flexibility index (Phi) is 5.00. The number of amides is 2. The van der Waals surface area contributed by atoms with Crippen molar-refractivity contribution in [1.82, 2.24) is 4.90 Å². The van der Waals surface area contributed by atoms with E-state index < -0.39 is 0 Å². The molecule has 0 spiro atoms. The van der Waals surface area contributed by atoms with Crippen LogP contribution in [-0.2, 0) is 9.59 Å². The molecule has 134 valence electrons. The van der Waals surface area contributed by atoms with E-state index in [4.69, 9.17) is 16.3 Å². The van der Waals surface area contributed by atoms with E-state index in [0.717, 1.165) is 0 Å². The molecule has 3 rings (SSSR count). The minimum absolute atomic E-state index is 0.243. The molecule has 0 saturated carbocycles. The number of nitrogens with one attached hydrogen (secondary N) is 1. The molecule has 6 heteroatoms. The Balaban J connectivity index is 2.05. The molecule has 1 aliphatic rings. The van der Waals surface area contributed by atoms with Crippen LogP contribution in [0, 0.1) is 0 Å². The highest BCUT2D eigenvalue weighted by Crippen LogP contribution is 2.32. The van der Waals surface area contributed by atoms with Gasteiger partial charge in [0.05, 0.1) is 12.7 Å². The first-order valence-electron chi connectivity index (χ1n) is 8.21. The van der Waals surface area contributed by atoms with E-state index in [2.05, 4.69) is 5.32 Å². The molecule has 0 aliphatic carbocycles. The van der Waals surface area contributed by atoms with Gasteiger partial charge in [-0.15, -0.1) is 0 Å². The zero-order chi connectivity index (χ0) is 18.8. The highest BCUT2D eigenvalue weighted by molar-refractivity contribution is 6.37. The largest absolute Gasteiger partial charge is 0.497 e. The van der Waals surface area contributed by atoms with Crippen molar-refractivity contribution in [3.8, 4) is 5.75 Å². The summed E-state index contributed by atoms with van der Waals surface area (Å²) in [5.74, 6) is 0.0502. The quantitative estimate of drug-likeness (QED) is 0.809. The third-order valence-corrected chi connectivity index (χ3v) is 4.38. The van der Waals surface area contributed by atoms with Gasteiger partial charge in [0, 0.05) is 16.8 Å². The predicted molar refractivity (Wildman–Crippen MR) is 102 cm³/mol. The maximum absolute atomic E-state index is 12.9. The second kappa shape index (κ2) is 7.22. The number of ether oxygens (including phenoxy) is 1. The molecule has 0 saturated heterocycles. The van der Waals surface area contributed by atoms with Crippen molar-refractivity contribution >= 4 is 34.7 Å². The van der Waals surface area contributed by atoms with Crippen LogP contribution in [0.5, 0.6) is 5.75 Å². The maximum Gasteiger partial charge on any atom is 0.278 e. The molecule has 5 nitrogen and oxygen atoms in total. The molecule has 0 radical (unpaired) electrons. The molecule has 1 aliphatic heterocycles. The summed E-state index contributed by atoms with van der Waals surface area (Å²) in [5.41, 5.74) is 1.94. The summed E-state index contributed by atoms with van der Waals surface area (Å²) in [6, 6.07) is 13.8. The number of nitrogens with zero attached hydrogens (tertiary/aromatic N) is 1. The van der Waals surface area contributed by atoms with Gasteiger partial charge < -0.3 is 10.1 Å². The summed E-state index contributed by atoms with van der Waals surface area (Å²) in [5, 5.41) is 3.67. The van der Waals surface area contributed by atoms with Crippen LogP contribution < -0.4 is 10.1 Å². The molecule has 2 aromatic carbocycles. The van der Waals surface area contributed by atoms with Gasteiger partial charge in [-0.2, -0.15) is 0 Å². The molecule has 1 N–H and O–H groups in total. The van der Waals surface area contributed by atoms with Gasteiger partial charge in [0.2, 0.25) is 0 Å². The highest BCUT2D eigenvalue weighted by Gasteiger charge is 2.40. The molecule has 0 aromatic heterocycles. The van der Waals surface area contributed by atoms with Crippen molar-refractivity contribution in [3.63, 3.8) is 0 Å². The number of carbonyl (C=O) groups is 2. The number of hydrogen-bond donors (Lipinski definition) is 1. The maximum atomic E-state index is 12.9. The van der Waals surface area contributed by atoms with Gasteiger partial charge in [-0.05, 0) is 55.8 Å². The standard InChI is InChI=1S/C20H19ClN2O3/c1-12(2)23-19(24)17(13-4-6-14(21)7-5-13)18(20(23)25)22-15-8-10-16(26-3)11-9-15/h4-12,22H,1-3H3. The Morgan fingerprint density at radius 3 is 2.12 bits per heavy atom. The van der Waals surface area contributed by atoms with Gasteiger partial charge in [-0.25, -0.2) is 0 Å². The van der Waals surface area contributed by atoms with Crippen LogP contribution in [0.25, 0.3) is 5.57 Å². The number of imide groups is 1. The lowest BCUT2D eigenvalue weighted by Crippen LogP contribution is -2.38. The summed E-state index contributed by atoms with van der Waals surface area (Å²) >= 11 is 5.95. The molecule has 26 heavy (non-hydrogen) atoms. The third kappa shape index (κ3) is 3.30. The summed E-state index contributed by atoms with van der Waals surface area (Å²) in [6.07, 6.45) is 0. The van der Waals surface area contributed by atoms with Gasteiger partial charge in [0.15, 0.2) is 0 Å². The van der Waals surface area contributed by atoms with E-state index in [0.29, 0.717) is 27.6 Å². The monoisotopic (exact) mass is 370 g/mol. The van der Waals surface area contributed by atoms with Gasteiger partial charge in [-0.3, -0.25) is 14.5 Å². The normalized spacial score (nSPS) is 14.4. The number of anilines is 1. The van der Waals surface area contributed by atoms with Crippen molar-refractivity contribution in [2.75, 3.05) is 12.4 Å². The molecule has 0 unspecified atom stereocenters. The van der Waals surface area contributed by atoms with Crippen LogP contribution in [-0.4, -0.2) is 29.9 Å². The van der Waals surface area contributed by atoms with E-state index in [1.165, 1.54) is 4.90 Å². The summed E-state index contributed by atoms with van der Waals surface area (Å²) in [7, 11) is 1.59. The Labute approximate surface area is 157 Å². The van der Waals surface area contributed by atoms with E-state index in [9.17, 15) is 9.59 Å². The number of hydrogen-bond acceptors (Lipinski definition) is 4. The number of halogens is 1. The molecular weight excluding hydrogens is 352 g/mol. The Morgan fingerprint density at radius 1 is 0.962 bits per heavy atom. The smallest absolute Gasteiger partial charge is 0.278 e. The lowest BCUT2D eigenvalue weighted by molar-refractivity contribution is -0.138. The molecule has 0 bridgehead atoms. The van der Waals surface area contributed by atoms with E-state index >= 15 is 0 Å². The molecule has 0 atom stereocenters. The minimum atomic E-state index is -0.342. The highest BCUT2D eigenvalue weighted by atomic mass is 35.5. The van der Waals surface area contributed by atoms with Crippen LogP contribution in [0.15, 0.2) is 54.2 Å². The first-order valence-corrected chi connectivity index (χ1v) is 8.59. The second-order valence-corrected chi connectivity index (χ2v) is 6.62. The van der Waals surface area contributed by atoms with Gasteiger partial charge in [-0.1, -0.05) is 23.7 Å². The average molecular weight is 371 g/mol. The number of rotatable bonds is 5.